The fourth-order valence-corrected chi connectivity index (χ4v) is 5.00. The van der Waals surface area contributed by atoms with Crippen molar-refractivity contribution >= 4 is 5.91 Å². The van der Waals surface area contributed by atoms with Gasteiger partial charge in [0.25, 0.3) is 0 Å². The Morgan fingerprint density at radius 1 is 0.893 bits per heavy atom. The van der Waals surface area contributed by atoms with E-state index in [2.05, 4.69) is 69.4 Å². The first-order valence-corrected chi connectivity index (χ1v) is 10.5. The van der Waals surface area contributed by atoms with Gasteiger partial charge in [-0.1, -0.05) is 54.6 Å². The quantitative estimate of drug-likeness (QED) is 0.770. The third kappa shape index (κ3) is 3.34. The van der Waals surface area contributed by atoms with Gasteiger partial charge in [0.15, 0.2) is 0 Å². The average Bonchev–Trinajstić information content (AvgIpc) is 3.29. The van der Waals surface area contributed by atoms with Crippen molar-refractivity contribution in [3.05, 3.63) is 60.2 Å². The second kappa shape index (κ2) is 7.66. The van der Waals surface area contributed by atoms with Crippen molar-refractivity contribution in [1.82, 2.24) is 20.9 Å². The van der Waals surface area contributed by atoms with Gasteiger partial charge in [-0.3, -0.25) is 15.0 Å². The van der Waals surface area contributed by atoms with Gasteiger partial charge in [0.1, 0.15) is 6.29 Å². The van der Waals surface area contributed by atoms with E-state index in [4.69, 9.17) is 0 Å². The summed E-state index contributed by atoms with van der Waals surface area (Å²) in [7, 11) is 0. The molecule has 2 aromatic rings. The van der Waals surface area contributed by atoms with Crippen LogP contribution in [0, 0.1) is 5.92 Å². The summed E-state index contributed by atoms with van der Waals surface area (Å²) in [6.45, 7) is 3.04. The maximum atomic E-state index is 13.1. The molecule has 4 unspecified atom stereocenters. The Hall–Kier alpha value is -2.21. The summed E-state index contributed by atoms with van der Waals surface area (Å²) in [5.41, 5.74) is 3.70. The molecular formula is C23H28N4O. The molecule has 0 spiro atoms. The first kappa shape index (κ1) is 17.9. The zero-order valence-electron chi connectivity index (χ0n) is 16.1. The minimum Gasteiger partial charge on any atom is -0.328 e. The summed E-state index contributed by atoms with van der Waals surface area (Å²) in [6.07, 6.45) is 3.41. The maximum Gasteiger partial charge on any atom is 0.228 e. The molecule has 3 aliphatic heterocycles. The fraction of sp³-hybridized carbons (Fsp3) is 0.435. The Morgan fingerprint density at radius 2 is 1.61 bits per heavy atom. The maximum absolute atomic E-state index is 13.1. The van der Waals surface area contributed by atoms with E-state index in [0.717, 1.165) is 26.1 Å². The van der Waals surface area contributed by atoms with Crippen LogP contribution in [0.25, 0.3) is 11.1 Å². The molecule has 4 atom stereocenters. The van der Waals surface area contributed by atoms with Gasteiger partial charge in [-0.05, 0) is 48.4 Å². The third-order valence-electron chi connectivity index (χ3n) is 6.48. The molecule has 3 fully saturated rings. The van der Waals surface area contributed by atoms with Crippen LogP contribution in [0.1, 0.15) is 30.7 Å². The van der Waals surface area contributed by atoms with Gasteiger partial charge in [0.2, 0.25) is 5.91 Å². The van der Waals surface area contributed by atoms with Crippen LogP contribution >= 0.6 is 0 Å². The van der Waals surface area contributed by atoms with Gasteiger partial charge in [0.05, 0.1) is 12.1 Å². The zero-order chi connectivity index (χ0) is 18.9. The lowest BCUT2D eigenvalue weighted by Gasteiger charge is -2.46. The lowest BCUT2D eigenvalue weighted by Crippen LogP contribution is -2.72. The first-order chi connectivity index (χ1) is 13.8. The van der Waals surface area contributed by atoms with Crippen molar-refractivity contribution in [2.45, 2.75) is 37.6 Å². The SMILES string of the molecule is O=C1NC(N2CCCC2)NC2NCCC(c3ccc(-c4ccccc4)cc3)C12. The van der Waals surface area contributed by atoms with E-state index < -0.39 is 0 Å². The van der Waals surface area contributed by atoms with Gasteiger partial charge in [-0.15, -0.1) is 0 Å². The van der Waals surface area contributed by atoms with Crippen LogP contribution in [0.3, 0.4) is 0 Å². The summed E-state index contributed by atoms with van der Waals surface area (Å²) in [6, 6.07) is 19.2. The number of hydrogen-bond donors (Lipinski definition) is 3. The number of carbonyl (C=O) groups excluding carboxylic acids is 1. The summed E-state index contributed by atoms with van der Waals surface area (Å²) in [5, 5.41) is 10.4. The van der Waals surface area contributed by atoms with Gasteiger partial charge >= 0.3 is 0 Å². The predicted molar refractivity (Wildman–Crippen MR) is 110 cm³/mol. The Labute approximate surface area is 166 Å². The number of fused-ring (bicyclic) bond motifs is 1. The molecule has 2 aromatic carbocycles. The van der Waals surface area contributed by atoms with Gasteiger partial charge in [-0.2, -0.15) is 0 Å². The van der Waals surface area contributed by atoms with Gasteiger partial charge < -0.3 is 10.6 Å². The average molecular weight is 377 g/mol. The smallest absolute Gasteiger partial charge is 0.228 e. The molecule has 0 bridgehead atoms. The number of benzene rings is 2. The molecule has 146 valence electrons. The lowest BCUT2D eigenvalue weighted by atomic mass is 9.77. The van der Waals surface area contributed by atoms with Crippen LogP contribution in [-0.2, 0) is 4.79 Å². The third-order valence-corrected chi connectivity index (χ3v) is 6.48. The van der Waals surface area contributed by atoms with Crippen LogP contribution < -0.4 is 16.0 Å². The van der Waals surface area contributed by atoms with E-state index >= 15 is 0 Å². The highest BCUT2D eigenvalue weighted by molar-refractivity contribution is 5.82. The number of carbonyl (C=O) groups is 1. The summed E-state index contributed by atoms with van der Waals surface area (Å²) >= 11 is 0. The minimum atomic E-state index is -0.0739. The van der Waals surface area contributed by atoms with Crippen molar-refractivity contribution in [2.75, 3.05) is 19.6 Å². The second-order valence-corrected chi connectivity index (χ2v) is 8.16. The molecule has 5 heteroatoms. The molecule has 0 radical (unpaired) electrons. The lowest BCUT2D eigenvalue weighted by molar-refractivity contribution is -0.135. The van der Waals surface area contributed by atoms with Gasteiger partial charge in [-0.25, -0.2) is 0 Å². The van der Waals surface area contributed by atoms with Crippen LogP contribution in [0.5, 0.6) is 0 Å². The highest BCUT2D eigenvalue weighted by Crippen LogP contribution is 2.35. The van der Waals surface area contributed by atoms with Crippen LogP contribution in [-0.4, -0.2) is 42.9 Å². The van der Waals surface area contributed by atoms with Crippen LogP contribution in [0.4, 0.5) is 0 Å². The number of hydrogen-bond acceptors (Lipinski definition) is 4. The highest BCUT2D eigenvalue weighted by atomic mass is 16.2. The van der Waals surface area contributed by atoms with E-state index in [1.807, 2.05) is 6.07 Å². The summed E-state index contributed by atoms with van der Waals surface area (Å²) < 4.78 is 0. The van der Waals surface area contributed by atoms with Crippen LogP contribution in [0.15, 0.2) is 54.6 Å². The van der Waals surface area contributed by atoms with Crippen molar-refractivity contribution in [1.29, 1.82) is 0 Å². The fourth-order valence-electron chi connectivity index (χ4n) is 5.00. The number of nitrogens with zero attached hydrogens (tertiary/aromatic N) is 1. The Morgan fingerprint density at radius 3 is 2.36 bits per heavy atom. The zero-order valence-corrected chi connectivity index (χ0v) is 16.1. The van der Waals surface area contributed by atoms with E-state index in [9.17, 15) is 4.79 Å². The standard InChI is InChI=1S/C23H28N4O/c28-22-20-19(18-10-8-17(9-11-18)16-6-2-1-3-7-16)12-13-24-21(20)25-23(26-22)27-14-4-5-15-27/h1-3,6-11,19-21,23-25H,4-5,12-15H2,(H,26,28). The largest absolute Gasteiger partial charge is 0.328 e. The number of piperidine rings is 1. The summed E-state index contributed by atoms with van der Waals surface area (Å²) in [4.78, 5) is 15.4. The molecule has 3 saturated heterocycles. The molecule has 5 rings (SSSR count). The van der Waals surface area contributed by atoms with E-state index in [1.165, 1.54) is 29.5 Å². The molecule has 1 amide bonds. The molecule has 3 N–H and O–H groups in total. The second-order valence-electron chi connectivity index (χ2n) is 8.16. The summed E-state index contributed by atoms with van der Waals surface area (Å²) in [5.74, 6) is 0.336. The molecule has 28 heavy (non-hydrogen) atoms. The molecule has 3 aliphatic rings. The number of likely N-dealkylation sites (tertiary alicyclic amines) is 1. The minimum absolute atomic E-state index is 0.0342. The molecule has 0 saturated carbocycles. The highest BCUT2D eigenvalue weighted by Gasteiger charge is 2.44. The number of amides is 1. The van der Waals surface area contributed by atoms with E-state index in [0.29, 0.717) is 0 Å². The Balaban J connectivity index is 1.35. The molecule has 0 aliphatic carbocycles. The van der Waals surface area contributed by atoms with E-state index in [1.54, 1.807) is 0 Å². The normalized spacial score (nSPS) is 30.6. The van der Waals surface area contributed by atoms with Gasteiger partial charge in [0, 0.05) is 13.1 Å². The van der Waals surface area contributed by atoms with Crippen LogP contribution in [0.2, 0.25) is 0 Å². The molecule has 0 aromatic heterocycles. The molecular weight excluding hydrogens is 348 g/mol. The number of nitrogens with one attached hydrogen (secondary N) is 3. The topological polar surface area (TPSA) is 56.4 Å². The Bertz CT molecular complexity index is 816. The Kier molecular flexibility index (Phi) is 4.89. The molecule has 3 heterocycles. The van der Waals surface area contributed by atoms with Crippen molar-refractivity contribution in [3.8, 4) is 11.1 Å². The first-order valence-electron chi connectivity index (χ1n) is 10.5. The number of rotatable bonds is 3. The van der Waals surface area contributed by atoms with Crippen molar-refractivity contribution < 1.29 is 4.79 Å². The van der Waals surface area contributed by atoms with Crippen molar-refractivity contribution in [3.63, 3.8) is 0 Å². The van der Waals surface area contributed by atoms with Crippen molar-refractivity contribution in [2.24, 2.45) is 5.92 Å². The monoisotopic (exact) mass is 376 g/mol. The van der Waals surface area contributed by atoms with E-state index in [-0.39, 0.29) is 30.2 Å². The predicted octanol–water partition coefficient (Wildman–Crippen LogP) is 2.47. The molecule has 5 nitrogen and oxygen atoms in total.